The lowest BCUT2D eigenvalue weighted by molar-refractivity contribution is -0.129. The van der Waals surface area contributed by atoms with Crippen LogP contribution in [0.1, 0.15) is 32.0 Å². The molecule has 3 aromatic rings. The maximum atomic E-state index is 12.2. The summed E-state index contributed by atoms with van der Waals surface area (Å²) in [7, 11) is 0. The molecule has 0 bridgehead atoms. The third kappa shape index (κ3) is 4.38. The molecular formula is C21H26N8O. The lowest BCUT2D eigenvalue weighted by Crippen LogP contribution is -2.29. The number of nitrogens with one attached hydrogen (secondary N) is 1. The molecule has 9 nitrogen and oxygen atoms in total. The number of hydrogen-bond acceptors (Lipinski definition) is 7. The van der Waals surface area contributed by atoms with E-state index in [0.29, 0.717) is 36.7 Å². The third-order valence-corrected chi connectivity index (χ3v) is 4.98. The van der Waals surface area contributed by atoms with Gasteiger partial charge in [-0.25, -0.2) is 24.9 Å². The third-order valence-electron chi connectivity index (χ3n) is 4.98. The van der Waals surface area contributed by atoms with Crippen LogP contribution in [0.25, 0.3) is 22.6 Å². The lowest BCUT2D eigenvalue weighted by atomic mass is 10.3. The number of carbonyl (C=O) groups is 1. The van der Waals surface area contributed by atoms with Crippen LogP contribution < -0.4 is 5.32 Å². The second-order valence-corrected chi connectivity index (χ2v) is 6.86. The van der Waals surface area contributed by atoms with Gasteiger partial charge in [0, 0.05) is 45.0 Å². The molecule has 9 heteroatoms. The number of amides is 1. The van der Waals surface area contributed by atoms with Crippen molar-refractivity contribution in [3.63, 3.8) is 0 Å². The number of rotatable bonds is 6. The van der Waals surface area contributed by atoms with E-state index < -0.39 is 0 Å². The van der Waals surface area contributed by atoms with Crippen molar-refractivity contribution in [2.75, 3.05) is 25.0 Å². The fraction of sp³-hybridized carbons (Fsp3) is 0.429. The van der Waals surface area contributed by atoms with Gasteiger partial charge < -0.3 is 14.8 Å². The fourth-order valence-corrected chi connectivity index (χ4v) is 3.51. The maximum Gasteiger partial charge on any atom is 0.224 e. The normalized spacial score (nSPS) is 13.1. The van der Waals surface area contributed by atoms with Crippen molar-refractivity contribution in [2.45, 2.75) is 39.7 Å². The van der Waals surface area contributed by atoms with E-state index in [9.17, 15) is 4.79 Å². The Hall–Kier alpha value is -3.54. The van der Waals surface area contributed by atoms with Crippen LogP contribution >= 0.6 is 0 Å². The largest absolute Gasteiger partial charge is 0.368 e. The van der Waals surface area contributed by atoms with E-state index in [0.717, 1.165) is 43.0 Å². The minimum atomic E-state index is 0.187. The Labute approximate surface area is 176 Å². The summed E-state index contributed by atoms with van der Waals surface area (Å²) in [6.45, 7) is 6.87. The number of aryl methyl sites for hydroxylation is 2. The second kappa shape index (κ2) is 9.78. The van der Waals surface area contributed by atoms with Gasteiger partial charge in [0.1, 0.15) is 18.0 Å². The monoisotopic (exact) mass is 406 g/mol. The van der Waals surface area contributed by atoms with Crippen molar-refractivity contribution >= 4 is 22.9 Å². The van der Waals surface area contributed by atoms with Crippen molar-refractivity contribution < 1.29 is 4.79 Å². The molecule has 0 radical (unpaired) electrons. The van der Waals surface area contributed by atoms with Gasteiger partial charge in [-0.2, -0.15) is 0 Å². The number of hydrogen-bond donors (Lipinski definition) is 1. The van der Waals surface area contributed by atoms with Gasteiger partial charge in [-0.3, -0.25) is 4.79 Å². The zero-order valence-corrected chi connectivity index (χ0v) is 17.4. The summed E-state index contributed by atoms with van der Waals surface area (Å²) in [4.78, 5) is 36.2. The van der Waals surface area contributed by atoms with Crippen molar-refractivity contribution in [3.8, 4) is 24.2 Å². The van der Waals surface area contributed by atoms with Gasteiger partial charge in [-0.15, -0.1) is 12.8 Å². The second-order valence-electron chi connectivity index (χ2n) is 6.86. The van der Waals surface area contributed by atoms with Crippen LogP contribution in [0, 0.1) is 19.8 Å². The molecule has 4 rings (SSSR count). The molecule has 0 saturated carbocycles. The molecule has 0 spiro atoms. The first-order valence-electron chi connectivity index (χ1n) is 10.0. The molecule has 30 heavy (non-hydrogen) atoms. The molecule has 1 aliphatic rings. The van der Waals surface area contributed by atoms with Crippen molar-refractivity contribution in [3.05, 3.63) is 24.5 Å². The predicted molar refractivity (Wildman–Crippen MR) is 116 cm³/mol. The van der Waals surface area contributed by atoms with Gasteiger partial charge in [0.05, 0.1) is 5.56 Å². The summed E-state index contributed by atoms with van der Waals surface area (Å²) in [6, 6.07) is 0. The van der Waals surface area contributed by atoms with Crippen LogP contribution in [0.3, 0.4) is 0 Å². The van der Waals surface area contributed by atoms with Crippen LogP contribution in [0.5, 0.6) is 0 Å². The SMILES string of the molecule is C#C.CCn1c(-c2cnc(C)nc2)nc2c(NCCC(=O)N3CCCC3)ncnc21. The zero-order chi connectivity index (χ0) is 21.5. The number of likely N-dealkylation sites (tertiary alicyclic amines) is 1. The molecule has 0 atom stereocenters. The molecule has 1 N–H and O–H groups in total. The van der Waals surface area contributed by atoms with Crippen LogP contribution in [-0.2, 0) is 11.3 Å². The van der Waals surface area contributed by atoms with Gasteiger partial charge in [-0.05, 0) is 26.7 Å². The maximum absolute atomic E-state index is 12.2. The molecule has 1 amide bonds. The Bertz CT molecular complexity index is 1020. The molecule has 156 valence electrons. The Morgan fingerprint density at radius 2 is 1.83 bits per heavy atom. The molecule has 3 aromatic heterocycles. The first kappa shape index (κ1) is 21.2. The number of imidazole rings is 1. The number of fused-ring (bicyclic) bond motifs is 1. The van der Waals surface area contributed by atoms with E-state index in [1.165, 1.54) is 6.33 Å². The lowest BCUT2D eigenvalue weighted by Gasteiger charge is -2.15. The standard InChI is InChI=1S/C19H24N8O.C2H2/c1-3-27-18(14-10-21-13(2)22-11-14)25-16-17(23-12-24-19(16)27)20-7-6-15(28)26-8-4-5-9-26;1-2/h10-12H,3-9H2,1-2H3,(H,20,23,24);1-2H. The first-order chi connectivity index (χ1) is 14.7. The fourth-order valence-electron chi connectivity index (χ4n) is 3.51. The summed E-state index contributed by atoms with van der Waals surface area (Å²) in [5, 5.41) is 3.26. The van der Waals surface area contributed by atoms with Gasteiger partial charge >= 0.3 is 0 Å². The number of aromatic nitrogens is 6. The van der Waals surface area contributed by atoms with Crippen LogP contribution in [-0.4, -0.2) is 59.9 Å². The minimum Gasteiger partial charge on any atom is -0.368 e. The van der Waals surface area contributed by atoms with Crippen molar-refractivity contribution in [1.82, 2.24) is 34.4 Å². The Balaban J connectivity index is 0.00000124. The van der Waals surface area contributed by atoms with Gasteiger partial charge in [-0.1, -0.05) is 0 Å². The van der Waals surface area contributed by atoms with Crippen molar-refractivity contribution in [1.29, 1.82) is 0 Å². The molecule has 1 saturated heterocycles. The molecular weight excluding hydrogens is 380 g/mol. The molecule has 1 aliphatic heterocycles. The van der Waals surface area contributed by atoms with Crippen LogP contribution in [0.2, 0.25) is 0 Å². The van der Waals surface area contributed by atoms with E-state index in [2.05, 4.69) is 38.1 Å². The Morgan fingerprint density at radius 3 is 2.50 bits per heavy atom. The highest BCUT2D eigenvalue weighted by Gasteiger charge is 2.19. The summed E-state index contributed by atoms with van der Waals surface area (Å²) in [5.74, 6) is 2.30. The smallest absolute Gasteiger partial charge is 0.224 e. The van der Waals surface area contributed by atoms with Gasteiger partial charge in [0.15, 0.2) is 17.0 Å². The summed E-state index contributed by atoms with van der Waals surface area (Å²) in [5.41, 5.74) is 2.27. The number of terminal acetylenes is 1. The highest BCUT2D eigenvalue weighted by molar-refractivity contribution is 5.86. The number of carbonyl (C=O) groups excluding carboxylic acids is 1. The van der Waals surface area contributed by atoms with E-state index in [1.807, 2.05) is 23.3 Å². The van der Waals surface area contributed by atoms with Gasteiger partial charge in [0.2, 0.25) is 5.91 Å². The van der Waals surface area contributed by atoms with Crippen LogP contribution in [0.15, 0.2) is 18.7 Å². The summed E-state index contributed by atoms with van der Waals surface area (Å²) < 4.78 is 2.02. The summed E-state index contributed by atoms with van der Waals surface area (Å²) >= 11 is 0. The van der Waals surface area contributed by atoms with Gasteiger partial charge in [0.25, 0.3) is 0 Å². The topological polar surface area (TPSA) is 102 Å². The Morgan fingerprint density at radius 1 is 1.13 bits per heavy atom. The molecule has 0 aromatic carbocycles. The molecule has 0 unspecified atom stereocenters. The minimum absolute atomic E-state index is 0.187. The van der Waals surface area contributed by atoms with E-state index in [1.54, 1.807) is 12.4 Å². The molecule has 0 aliphatic carbocycles. The highest BCUT2D eigenvalue weighted by atomic mass is 16.2. The summed E-state index contributed by atoms with van der Waals surface area (Å²) in [6.07, 6.45) is 15.7. The Kier molecular flexibility index (Phi) is 6.91. The number of anilines is 1. The van der Waals surface area contributed by atoms with E-state index in [-0.39, 0.29) is 5.91 Å². The average molecular weight is 406 g/mol. The predicted octanol–water partition coefficient (Wildman–Crippen LogP) is 2.29. The average Bonchev–Trinajstić information content (AvgIpc) is 3.44. The highest BCUT2D eigenvalue weighted by Crippen LogP contribution is 2.26. The first-order valence-corrected chi connectivity index (χ1v) is 10.0. The van der Waals surface area contributed by atoms with E-state index in [4.69, 9.17) is 4.98 Å². The van der Waals surface area contributed by atoms with E-state index >= 15 is 0 Å². The van der Waals surface area contributed by atoms with Crippen LogP contribution in [0.4, 0.5) is 5.82 Å². The number of nitrogens with zero attached hydrogens (tertiary/aromatic N) is 7. The molecule has 1 fully saturated rings. The zero-order valence-electron chi connectivity index (χ0n) is 17.4. The van der Waals surface area contributed by atoms with Crippen molar-refractivity contribution in [2.24, 2.45) is 0 Å². The quantitative estimate of drug-likeness (QED) is 0.627. The molecule has 4 heterocycles.